The normalized spacial score (nSPS) is 43.5. The highest BCUT2D eigenvalue weighted by Gasteiger charge is 2.53. The van der Waals surface area contributed by atoms with E-state index in [2.05, 4.69) is 33.8 Å². The van der Waals surface area contributed by atoms with Gasteiger partial charge in [-0.15, -0.1) is 0 Å². The standard InChI is InChI=1S/C20H30O3/c1-13-6-5-7-16-19(13,3)10-8-14(2)20(16,4)11-9-15-12-17(21)23-18(15)22/h6,12,14,16,18,22H,5,7-11H2,1-4H3/t14-,16+,18+,19+,20+/m1/s1. The second kappa shape index (κ2) is 5.77. The molecule has 5 atom stereocenters. The molecule has 0 aromatic rings. The number of carbonyl (C=O) groups is 1. The van der Waals surface area contributed by atoms with Gasteiger partial charge in [0.1, 0.15) is 0 Å². The second-order valence-corrected chi connectivity index (χ2v) is 8.39. The smallest absolute Gasteiger partial charge is 0.333 e. The van der Waals surface area contributed by atoms with Gasteiger partial charge in [0.2, 0.25) is 6.29 Å². The third kappa shape index (κ3) is 2.67. The van der Waals surface area contributed by atoms with Crippen LogP contribution in [0.15, 0.2) is 23.3 Å². The molecule has 2 aliphatic carbocycles. The molecule has 1 aliphatic heterocycles. The van der Waals surface area contributed by atoms with E-state index in [0.29, 0.717) is 17.3 Å². The SMILES string of the molecule is CC1=CCC[C@@H]2[C@@](C)(CCC3=CC(=O)O[C@@H]3O)[C@H](C)CC[C@@]12C. The summed E-state index contributed by atoms with van der Waals surface area (Å²) in [6, 6.07) is 0. The predicted octanol–water partition coefficient (Wildman–Crippen LogP) is 4.37. The van der Waals surface area contributed by atoms with Crippen LogP contribution in [-0.4, -0.2) is 17.4 Å². The van der Waals surface area contributed by atoms with Crippen molar-refractivity contribution in [3.63, 3.8) is 0 Å². The van der Waals surface area contributed by atoms with Crippen molar-refractivity contribution in [2.45, 2.75) is 72.5 Å². The molecule has 0 bridgehead atoms. The first-order valence-corrected chi connectivity index (χ1v) is 9.04. The number of aliphatic hydroxyl groups excluding tert-OH is 1. The summed E-state index contributed by atoms with van der Waals surface area (Å²) >= 11 is 0. The Bertz CT molecular complexity index is 561. The monoisotopic (exact) mass is 318 g/mol. The molecule has 23 heavy (non-hydrogen) atoms. The summed E-state index contributed by atoms with van der Waals surface area (Å²) in [7, 11) is 0. The Labute approximate surface area is 139 Å². The van der Waals surface area contributed by atoms with Gasteiger partial charge in [0, 0.05) is 11.6 Å². The fourth-order valence-electron chi connectivity index (χ4n) is 5.38. The zero-order chi connectivity index (χ0) is 16.8. The lowest BCUT2D eigenvalue weighted by atomic mass is 9.47. The van der Waals surface area contributed by atoms with E-state index < -0.39 is 12.3 Å². The summed E-state index contributed by atoms with van der Waals surface area (Å²) in [6.45, 7) is 9.57. The van der Waals surface area contributed by atoms with Gasteiger partial charge in [0.05, 0.1) is 0 Å². The van der Waals surface area contributed by atoms with Crippen molar-refractivity contribution in [2.75, 3.05) is 0 Å². The molecule has 1 saturated carbocycles. The van der Waals surface area contributed by atoms with Crippen LogP contribution in [0.25, 0.3) is 0 Å². The van der Waals surface area contributed by atoms with Gasteiger partial charge < -0.3 is 9.84 Å². The van der Waals surface area contributed by atoms with E-state index in [-0.39, 0.29) is 5.41 Å². The molecule has 3 rings (SSSR count). The minimum absolute atomic E-state index is 0.245. The van der Waals surface area contributed by atoms with E-state index in [9.17, 15) is 9.90 Å². The van der Waals surface area contributed by atoms with E-state index >= 15 is 0 Å². The molecule has 1 fully saturated rings. The largest absolute Gasteiger partial charge is 0.429 e. The molecule has 1 heterocycles. The number of aliphatic hydroxyl groups is 1. The first-order valence-electron chi connectivity index (χ1n) is 9.04. The van der Waals surface area contributed by atoms with Crippen LogP contribution in [0, 0.1) is 22.7 Å². The number of esters is 1. The fourth-order valence-corrected chi connectivity index (χ4v) is 5.38. The molecule has 128 valence electrons. The lowest BCUT2D eigenvalue weighted by Gasteiger charge is -2.58. The Morgan fingerprint density at radius 2 is 2.09 bits per heavy atom. The van der Waals surface area contributed by atoms with Crippen LogP contribution >= 0.6 is 0 Å². The molecule has 1 N–H and O–H groups in total. The summed E-state index contributed by atoms with van der Waals surface area (Å²) in [5.41, 5.74) is 2.87. The summed E-state index contributed by atoms with van der Waals surface area (Å²) in [5, 5.41) is 9.84. The Morgan fingerprint density at radius 3 is 2.74 bits per heavy atom. The molecule has 0 radical (unpaired) electrons. The number of hydrogen-bond donors (Lipinski definition) is 1. The van der Waals surface area contributed by atoms with Crippen LogP contribution < -0.4 is 0 Å². The van der Waals surface area contributed by atoms with Crippen molar-refractivity contribution in [3.8, 4) is 0 Å². The third-order valence-electron chi connectivity index (χ3n) is 7.39. The summed E-state index contributed by atoms with van der Waals surface area (Å²) in [6.07, 6.45) is 9.63. The van der Waals surface area contributed by atoms with Gasteiger partial charge in [-0.3, -0.25) is 0 Å². The maximum atomic E-state index is 11.3. The van der Waals surface area contributed by atoms with Crippen LogP contribution in [0.4, 0.5) is 0 Å². The van der Waals surface area contributed by atoms with E-state index in [0.717, 1.165) is 18.4 Å². The lowest BCUT2D eigenvalue weighted by molar-refractivity contribution is -0.151. The van der Waals surface area contributed by atoms with Gasteiger partial charge in [-0.1, -0.05) is 32.4 Å². The maximum absolute atomic E-state index is 11.3. The lowest BCUT2D eigenvalue weighted by Crippen LogP contribution is -2.49. The maximum Gasteiger partial charge on any atom is 0.333 e. The number of carbonyl (C=O) groups excluding carboxylic acids is 1. The topological polar surface area (TPSA) is 46.5 Å². The van der Waals surface area contributed by atoms with E-state index in [4.69, 9.17) is 4.74 Å². The van der Waals surface area contributed by atoms with Crippen LogP contribution in [0.3, 0.4) is 0 Å². The van der Waals surface area contributed by atoms with Gasteiger partial charge in [-0.2, -0.15) is 0 Å². The fraction of sp³-hybridized carbons (Fsp3) is 0.750. The average Bonchev–Trinajstić information content (AvgIpc) is 2.82. The van der Waals surface area contributed by atoms with Crippen molar-refractivity contribution < 1.29 is 14.6 Å². The zero-order valence-corrected chi connectivity index (χ0v) is 14.9. The van der Waals surface area contributed by atoms with E-state index in [1.807, 2.05) is 0 Å². The van der Waals surface area contributed by atoms with E-state index in [1.165, 1.54) is 31.8 Å². The Balaban J connectivity index is 1.82. The van der Waals surface area contributed by atoms with E-state index in [1.54, 1.807) is 5.57 Å². The number of fused-ring (bicyclic) bond motifs is 1. The molecule has 0 aromatic heterocycles. The summed E-state index contributed by atoms with van der Waals surface area (Å²) < 4.78 is 4.83. The van der Waals surface area contributed by atoms with Crippen molar-refractivity contribution in [1.29, 1.82) is 0 Å². The van der Waals surface area contributed by atoms with Crippen molar-refractivity contribution in [1.82, 2.24) is 0 Å². The zero-order valence-electron chi connectivity index (χ0n) is 14.9. The highest BCUT2D eigenvalue weighted by molar-refractivity contribution is 5.85. The number of ether oxygens (including phenoxy) is 1. The van der Waals surface area contributed by atoms with Gasteiger partial charge in [-0.05, 0) is 68.1 Å². The second-order valence-electron chi connectivity index (χ2n) is 8.39. The third-order valence-corrected chi connectivity index (χ3v) is 7.39. The minimum atomic E-state index is -1.02. The molecule has 0 saturated heterocycles. The van der Waals surface area contributed by atoms with Gasteiger partial charge in [0.25, 0.3) is 0 Å². The van der Waals surface area contributed by atoms with Crippen LogP contribution in [-0.2, 0) is 9.53 Å². The van der Waals surface area contributed by atoms with Crippen molar-refractivity contribution >= 4 is 5.97 Å². The first-order chi connectivity index (χ1) is 10.8. The van der Waals surface area contributed by atoms with Gasteiger partial charge in [0.15, 0.2) is 0 Å². The van der Waals surface area contributed by atoms with Crippen LogP contribution in [0.5, 0.6) is 0 Å². The molecule has 0 unspecified atom stereocenters. The van der Waals surface area contributed by atoms with Crippen LogP contribution in [0.2, 0.25) is 0 Å². The molecule has 3 aliphatic rings. The highest BCUT2D eigenvalue weighted by Crippen LogP contribution is 2.61. The first kappa shape index (κ1) is 16.8. The van der Waals surface area contributed by atoms with Crippen LogP contribution in [0.1, 0.15) is 66.2 Å². The molecule has 0 amide bonds. The minimum Gasteiger partial charge on any atom is -0.429 e. The average molecular weight is 318 g/mol. The molecular weight excluding hydrogens is 288 g/mol. The van der Waals surface area contributed by atoms with Gasteiger partial charge >= 0.3 is 5.97 Å². The quantitative estimate of drug-likeness (QED) is 0.621. The van der Waals surface area contributed by atoms with Crippen molar-refractivity contribution in [3.05, 3.63) is 23.3 Å². The number of rotatable bonds is 3. The number of cyclic esters (lactones) is 1. The highest BCUT2D eigenvalue weighted by atomic mass is 16.6. The number of hydrogen-bond acceptors (Lipinski definition) is 3. The molecule has 0 aromatic carbocycles. The summed E-state index contributed by atoms with van der Waals surface area (Å²) in [5.74, 6) is 0.942. The molecule has 0 spiro atoms. The molecule has 3 nitrogen and oxygen atoms in total. The predicted molar refractivity (Wildman–Crippen MR) is 90.5 cm³/mol. The summed E-state index contributed by atoms with van der Waals surface area (Å²) in [4.78, 5) is 11.3. The number of allylic oxidation sites excluding steroid dienone is 2. The Morgan fingerprint density at radius 1 is 1.35 bits per heavy atom. The Kier molecular flexibility index (Phi) is 4.20. The van der Waals surface area contributed by atoms with Gasteiger partial charge in [-0.25, -0.2) is 4.79 Å². The molecule has 3 heteroatoms. The van der Waals surface area contributed by atoms with Crippen molar-refractivity contribution in [2.24, 2.45) is 22.7 Å². The molecular formula is C20H30O3. The Hall–Kier alpha value is -1.09.